The minimum Gasteiger partial charge on any atom is -0.477 e. The number of hydrogen-bond donors (Lipinski definition) is 2. The van der Waals surface area contributed by atoms with Gasteiger partial charge < -0.3 is 10.4 Å². The molecule has 0 fully saturated rings. The predicted octanol–water partition coefficient (Wildman–Crippen LogP) is 3.10. The molecule has 2 aromatic rings. The van der Waals surface area contributed by atoms with E-state index in [9.17, 15) is 14.9 Å². The second-order valence-corrected chi connectivity index (χ2v) is 5.78. The van der Waals surface area contributed by atoms with Crippen molar-refractivity contribution in [3.8, 4) is 0 Å². The Kier molecular flexibility index (Phi) is 3.90. The van der Waals surface area contributed by atoms with Gasteiger partial charge in [-0.15, -0.1) is 11.3 Å². The molecule has 1 aromatic heterocycles. The number of anilines is 1. The quantitative estimate of drug-likeness (QED) is 0.649. The lowest BCUT2D eigenvalue weighted by Gasteiger charge is -2.25. The molecule has 0 radical (unpaired) electrons. The van der Waals surface area contributed by atoms with Crippen LogP contribution in [0.4, 0.5) is 11.4 Å². The number of nitrogens with one attached hydrogen (secondary N) is 1. The SMILES string of the molecule is CC(C)(Nc1ccc(C(=O)O)c([N+](=O)[O-])c1)c1nccs1. The van der Waals surface area contributed by atoms with Crippen LogP contribution in [-0.2, 0) is 5.54 Å². The van der Waals surface area contributed by atoms with Gasteiger partial charge in [0.25, 0.3) is 5.69 Å². The summed E-state index contributed by atoms with van der Waals surface area (Å²) in [6.07, 6.45) is 1.68. The number of hydrogen-bond acceptors (Lipinski definition) is 6. The van der Waals surface area contributed by atoms with Crippen molar-refractivity contribution in [1.82, 2.24) is 4.98 Å². The second-order valence-electron chi connectivity index (χ2n) is 4.88. The topological polar surface area (TPSA) is 105 Å². The summed E-state index contributed by atoms with van der Waals surface area (Å²) in [5, 5.41) is 25.7. The van der Waals surface area contributed by atoms with Crippen molar-refractivity contribution < 1.29 is 14.8 Å². The number of thiazole rings is 1. The molecule has 8 heteroatoms. The van der Waals surface area contributed by atoms with E-state index in [0.717, 1.165) is 5.01 Å². The molecule has 0 aliphatic rings. The summed E-state index contributed by atoms with van der Waals surface area (Å²) in [4.78, 5) is 25.5. The van der Waals surface area contributed by atoms with E-state index in [2.05, 4.69) is 10.3 Å². The lowest BCUT2D eigenvalue weighted by Crippen LogP contribution is -2.27. The molecule has 2 rings (SSSR count). The van der Waals surface area contributed by atoms with Gasteiger partial charge in [-0.3, -0.25) is 10.1 Å². The largest absolute Gasteiger partial charge is 0.477 e. The summed E-state index contributed by atoms with van der Waals surface area (Å²) < 4.78 is 0. The van der Waals surface area contributed by atoms with Crippen molar-refractivity contribution in [3.63, 3.8) is 0 Å². The third kappa shape index (κ3) is 3.16. The highest BCUT2D eigenvalue weighted by Crippen LogP contribution is 2.30. The summed E-state index contributed by atoms with van der Waals surface area (Å²) in [6.45, 7) is 3.78. The molecule has 0 saturated heterocycles. The molecule has 0 amide bonds. The number of nitrogens with zero attached hydrogens (tertiary/aromatic N) is 2. The van der Waals surface area contributed by atoms with Crippen molar-refractivity contribution in [1.29, 1.82) is 0 Å². The predicted molar refractivity (Wildman–Crippen MR) is 78.8 cm³/mol. The number of aromatic carboxylic acids is 1. The molecule has 0 aliphatic carbocycles. The fraction of sp³-hybridized carbons (Fsp3) is 0.231. The Morgan fingerprint density at radius 1 is 1.48 bits per heavy atom. The van der Waals surface area contributed by atoms with Crippen molar-refractivity contribution in [3.05, 3.63) is 50.5 Å². The minimum atomic E-state index is -1.33. The molecule has 0 unspecified atom stereocenters. The molecule has 0 atom stereocenters. The fourth-order valence-electron chi connectivity index (χ4n) is 1.89. The lowest BCUT2D eigenvalue weighted by molar-refractivity contribution is -0.385. The van der Waals surface area contributed by atoms with Crippen LogP contribution < -0.4 is 5.32 Å². The zero-order chi connectivity index (χ0) is 15.6. The minimum absolute atomic E-state index is 0.336. The zero-order valence-electron chi connectivity index (χ0n) is 11.4. The molecular formula is C13H13N3O4S. The number of carboxylic acids is 1. The van der Waals surface area contributed by atoms with E-state index in [1.165, 1.54) is 29.5 Å². The summed E-state index contributed by atoms with van der Waals surface area (Å²) in [6, 6.07) is 3.95. The highest BCUT2D eigenvalue weighted by Gasteiger charge is 2.25. The summed E-state index contributed by atoms with van der Waals surface area (Å²) in [7, 11) is 0. The summed E-state index contributed by atoms with van der Waals surface area (Å²) >= 11 is 1.47. The van der Waals surface area contributed by atoms with Crippen molar-refractivity contribution in [2.24, 2.45) is 0 Å². The number of aromatic nitrogens is 1. The maximum Gasteiger partial charge on any atom is 0.342 e. The smallest absolute Gasteiger partial charge is 0.342 e. The highest BCUT2D eigenvalue weighted by atomic mass is 32.1. The Bertz CT molecular complexity index is 683. The van der Waals surface area contributed by atoms with Crippen LogP contribution in [0.25, 0.3) is 0 Å². The van der Waals surface area contributed by atoms with Gasteiger partial charge in [-0.25, -0.2) is 9.78 Å². The van der Waals surface area contributed by atoms with Crippen LogP contribution in [0.5, 0.6) is 0 Å². The van der Waals surface area contributed by atoms with E-state index in [-0.39, 0.29) is 5.56 Å². The molecule has 0 aliphatic heterocycles. The van der Waals surface area contributed by atoms with E-state index in [1.807, 2.05) is 19.2 Å². The zero-order valence-corrected chi connectivity index (χ0v) is 12.2. The van der Waals surface area contributed by atoms with Crippen LogP contribution in [0.2, 0.25) is 0 Å². The van der Waals surface area contributed by atoms with Gasteiger partial charge >= 0.3 is 5.97 Å². The number of carbonyl (C=O) groups is 1. The van der Waals surface area contributed by atoms with Gasteiger partial charge in [-0.05, 0) is 26.0 Å². The Balaban J connectivity index is 2.36. The number of nitro groups is 1. The average molecular weight is 307 g/mol. The van der Waals surface area contributed by atoms with Gasteiger partial charge in [-0.2, -0.15) is 0 Å². The normalized spacial score (nSPS) is 11.1. The van der Waals surface area contributed by atoms with Crippen LogP contribution in [0.15, 0.2) is 29.8 Å². The van der Waals surface area contributed by atoms with Crippen molar-refractivity contribution in [2.45, 2.75) is 19.4 Å². The van der Waals surface area contributed by atoms with Crippen LogP contribution in [0.1, 0.15) is 29.2 Å². The van der Waals surface area contributed by atoms with Crippen molar-refractivity contribution >= 4 is 28.7 Å². The summed E-state index contributed by atoms with van der Waals surface area (Å²) in [5.74, 6) is -1.33. The highest BCUT2D eigenvalue weighted by molar-refractivity contribution is 7.09. The number of carboxylic acid groups (broad SMARTS) is 1. The molecular weight excluding hydrogens is 294 g/mol. The molecule has 1 aromatic carbocycles. The van der Waals surface area contributed by atoms with E-state index in [1.54, 1.807) is 6.20 Å². The van der Waals surface area contributed by atoms with Crippen LogP contribution in [-0.4, -0.2) is 21.0 Å². The molecule has 2 N–H and O–H groups in total. The van der Waals surface area contributed by atoms with E-state index >= 15 is 0 Å². The maximum absolute atomic E-state index is 11.0. The van der Waals surface area contributed by atoms with E-state index < -0.39 is 22.1 Å². The number of benzene rings is 1. The summed E-state index contributed by atoms with van der Waals surface area (Å²) in [5.41, 5.74) is -0.834. The average Bonchev–Trinajstić information content (AvgIpc) is 2.92. The lowest BCUT2D eigenvalue weighted by atomic mass is 10.1. The van der Waals surface area contributed by atoms with Crippen LogP contribution >= 0.6 is 11.3 Å². The van der Waals surface area contributed by atoms with E-state index in [0.29, 0.717) is 5.69 Å². The van der Waals surface area contributed by atoms with Gasteiger partial charge in [0.1, 0.15) is 10.6 Å². The van der Waals surface area contributed by atoms with Crippen LogP contribution in [0.3, 0.4) is 0 Å². The number of rotatable bonds is 5. The first-order valence-electron chi connectivity index (χ1n) is 6.01. The Labute approximate surface area is 124 Å². The maximum atomic E-state index is 11.0. The number of nitro benzene ring substituents is 1. The van der Waals surface area contributed by atoms with Gasteiger partial charge in [-0.1, -0.05) is 0 Å². The van der Waals surface area contributed by atoms with Gasteiger partial charge in [0, 0.05) is 23.3 Å². The molecule has 1 heterocycles. The van der Waals surface area contributed by atoms with Gasteiger partial charge in [0.05, 0.1) is 10.5 Å². The van der Waals surface area contributed by atoms with E-state index in [4.69, 9.17) is 5.11 Å². The third-order valence-electron chi connectivity index (χ3n) is 2.85. The van der Waals surface area contributed by atoms with Gasteiger partial charge in [0.2, 0.25) is 0 Å². The van der Waals surface area contributed by atoms with Gasteiger partial charge in [0.15, 0.2) is 0 Å². The monoisotopic (exact) mass is 307 g/mol. The Hall–Kier alpha value is -2.48. The Morgan fingerprint density at radius 3 is 2.71 bits per heavy atom. The third-order valence-corrected chi connectivity index (χ3v) is 3.95. The standard InChI is InChI=1S/C13H13N3O4S/c1-13(2,12-14-5-6-21-12)15-8-3-4-9(11(17)18)10(7-8)16(19)20/h3-7,15H,1-2H3,(H,17,18). The Morgan fingerprint density at radius 2 is 2.19 bits per heavy atom. The molecule has 0 spiro atoms. The first kappa shape index (κ1) is 14.9. The molecule has 110 valence electrons. The van der Waals surface area contributed by atoms with Crippen LogP contribution in [0, 0.1) is 10.1 Å². The fourth-order valence-corrected chi connectivity index (χ4v) is 2.61. The molecule has 7 nitrogen and oxygen atoms in total. The van der Waals surface area contributed by atoms with Crippen molar-refractivity contribution in [2.75, 3.05) is 5.32 Å². The molecule has 0 saturated carbocycles. The first-order valence-corrected chi connectivity index (χ1v) is 6.89. The first-order chi connectivity index (χ1) is 9.81. The molecule has 21 heavy (non-hydrogen) atoms. The molecule has 0 bridgehead atoms. The second kappa shape index (κ2) is 5.49.